The van der Waals surface area contributed by atoms with Gasteiger partial charge in [-0.3, -0.25) is 0 Å². The third-order valence-electron chi connectivity index (χ3n) is 0.949. The van der Waals surface area contributed by atoms with E-state index in [1.807, 2.05) is 24.4 Å². The third-order valence-corrected chi connectivity index (χ3v) is 3.49. The molecule has 0 aliphatic carbocycles. The van der Waals surface area contributed by atoms with Crippen molar-refractivity contribution in [2.45, 2.75) is 4.34 Å². The van der Waals surface area contributed by atoms with Crippen molar-refractivity contribution in [2.75, 3.05) is 14.1 Å². The van der Waals surface area contributed by atoms with E-state index in [-0.39, 0.29) is 0 Å². The van der Waals surface area contributed by atoms with Crippen molar-refractivity contribution in [1.29, 1.82) is 0 Å². The number of rotatable bonds is 1. The molecule has 0 fully saturated rings. The van der Waals surface area contributed by atoms with E-state index in [2.05, 4.69) is 4.98 Å². The predicted molar refractivity (Wildman–Crippen MR) is 54.3 cm³/mol. The maximum atomic E-state index is 5.08. The summed E-state index contributed by atoms with van der Waals surface area (Å²) in [4.78, 5) is 6.01. The van der Waals surface area contributed by atoms with Crippen LogP contribution in [0.4, 0.5) is 0 Å². The highest BCUT2D eigenvalue weighted by atomic mass is 32.2. The Bertz CT molecular complexity index is 230. The van der Waals surface area contributed by atoms with Gasteiger partial charge in [0.25, 0.3) is 0 Å². The molecule has 0 aliphatic heterocycles. The molecule has 1 rings (SSSR count). The molecule has 0 saturated heterocycles. The fraction of sp³-hybridized carbons (Fsp3) is 0.333. The highest BCUT2D eigenvalue weighted by molar-refractivity contribution is 8.23. The van der Waals surface area contributed by atoms with Gasteiger partial charge in [0.15, 0.2) is 4.34 Å². The molecule has 0 saturated carbocycles. The van der Waals surface area contributed by atoms with E-state index in [4.69, 9.17) is 12.2 Å². The monoisotopic (exact) mass is 204 g/mol. The summed E-state index contributed by atoms with van der Waals surface area (Å²) >= 11 is 8.21. The lowest BCUT2D eigenvalue weighted by Crippen LogP contribution is -2.15. The zero-order valence-electron chi connectivity index (χ0n) is 6.27. The minimum atomic E-state index is 0.847. The second-order valence-electron chi connectivity index (χ2n) is 2.06. The Hall–Kier alpha value is -0.130. The van der Waals surface area contributed by atoms with Crippen molar-refractivity contribution in [3.8, 4) is 0 Å². The Balaban J connectivity index is 2.50. The second-order valence-corrected chi connectivity index (χ2v) is 4.84. The van der Waals surface area contributed by atoms with Crippen LogP contribution in [0.5, 0.6) is 0 Å². The molecule has 1 aromatic heterocycles. The summed E-state index contributed by atoms with van der Waals surface area (Å²) in [6.45, 7) is 0. The molecular weight excluding hydrogens is 196 g/mol. The maximum absolute atomic E-state index is 5.08. The van der Waals surface area contributed by atoms with Gasteiger partial charge >= 0.3 is 0 Å². The molecule has 0 unspecified atom stereocenters. The van der Waals surface area contributed by atoms with Gasteiger partial charge in [-0.05, 0) is 11.8 Å². The molecule has 1 heterocycles. The lowest BCUT2D eigenvalue weighted by molar-refractivity contribution is 0.648. The maximum Gasteiger partial charge on any atom is 0.156 e. The number of thiocarbonyl (C=S) groups is 1. The highest BCUT2D eigenvalue weighted by Gasteiger charge is 2.03. The molecule has 0 N–H and O–H groups in total. The van der Waals surface area contributed by atoms with Crippen LogP contribution in [0.3, 0.4) is 0 Å². The van der Waals surface area contributed by atoms with Crippen molar-refractivity contribution in [1.82, 2.24) is 9.88 Å². The van der Waals surface area contributed by atoms with Crippen molar-refractivity contribution in [2.24, 2.45) is 0 Å². The first-order valence-electron chi connectivity index (χ1n) is 2.99. The summed E-state index contributed by atoms with van der Waals surface area (Å²) in [5, 5.41) is 1.95. The first-order chi connectivity index (χ1) is 5.20. The normalized spacial score (nSPS) is 9.64. The average Bonchev–Trinajstić information content (AvgIpc) is 2.39. The summed E-state index contributed by atoms with van der Waals surface area (Å²) in [5.41, 5.74) is 0. The van der Waals surface area contributed by atoms with Crippen molar-refractivity contribution in [3.05, 3.63) is 11.6 Å². The Morgan fingerprint density at radius 2 is 2.45 bits per heavy atom. The minimum Gasteiger partial charge on any atom is -0.363 e. The molecule has 0 aliphatic rings. The van der Waals surface area contributed by atoms with E-state index < -0.39 is 0 Å². The van der Waals surface area contributed by atoms with Crippen LogP contribution in [0.2, 0.25) is 0 Å². The van der Waals surface area contributed by atoms with Gasteiger partial charge in [-0.15, -0.1) is 11.3 Å². The van der Waals surface area contributed by atoms with Gasteiger partial charge in [-0.2, -0.15) is 0 Å². The topological polar surface area (TPSA) is 16.1 Å². The molecule has 0 radical (unpaired) electrons. The van der Waals surface area contributed by atoms with Crippen LogP contribution in [-0.2, 0) is 0 Å². The van der Waals surface area contributed by atoms with Crippen LogP contribution < -0.4 is 0 Å². The molecule has 2 nitrogen and oxygen atoms in total. The zero-order valence-corrected chi connectivity index (χ0v) is 8.72. The number of thiazole rings is 1. The van der Waals surface area contributed by atoms with Gasteiger partial charge in [-0.25, -0.2) is 4.98 Å². The van der Waals surface area contributed by atoms with Crippen molar-refractivity contribution >= 4 is 39.6 Å². The Morgan fingerprint density at radius 3 is 2.91 bits per heavy atom. The molecule has 60 valence electrons. The van der Waals surface area contributed by atoms with Crippen LogP contribution in [0.25, 0.3) is 0 Å². The third kappa shape index (κ3) is 2.76. The Labute approximate surface area is 79.6 Å². The summed E-state index contributed by atoms with van der Waals surface area (Å²) in [6.07, 6.45) is 1.78. The van der Waals surface area contributed by atoms with Gasteiger partial charge < -0.3 is 4.90 Å². The van der Waals surface area contributed by atoms with Crippen LogP contribution in [0, 0.1) is 0 Å². The quantitative estimate of drug-likeness (QED) is 0.514. The molecular formula is C6H8N2S3. The predicted octanol–water partition coefficient (Wildman–Crippen LogP) is 2.08. The molecule has 1 aromatic rings. The van der Waals surface area contributed by atoms with Crippen LogP contribution in [0.15, 0.2) is 15.9 Å². The molecule has 0 aromatic carbocycles. The molecule has 11 heavy (non-hydrogen) atoms. The largest absolute Gasteiger partial charge is 0.363 e. The van der Waals surface area contributed by atoms with E-state index in [0.717, 1.165) is 8.66 Å². The lowest BCUT2D eigenvalue weighted by atomic mass is 11.0. The lowest BCUT2D eigenvalue weighted by Gasteiger charge is -2.10. The van der Waals surface area contributed by atoms with Crippen LogP contribution in [0.1, 0.15) is 0 Å². The van der Waals surface area contributed by atoms with E-state index in [1.165, 1.54) is 11.8 Å². The first kappa shape index (κ1) is 8.96. The number of hydrogen-bond acceptors (Lipinski definition) is 4. The van der Waals surface area contributed by atoms with Crippen molar-refractivity contribution in [3.63, 3.8) is 0 Å². The zero-order chi connectivity index (χ0) is 8.27. The summed E-state index contributed by atoms with van der Waals surface area (Å²) < 4.78 is 1.85. The van der Waals surface area contributed by atoms with Gasteiger partial charge in [-0.1, -0.05) is 12.2 Å². The van der Waals surface area contributed by atoms with E-state index in [0.29, 0.717) is 0 Å². The molecule has 0 bridgehead atoms. The average molecular weight is 204 g/mol. The standard InChI is InChI=1S/C6H8N2S3/c1-8(2)6(9)11-5-7-3-4-10-5/h3-4H,1-2H3. The highest BCUT2D eigenvalue weighted by Crippen LogP contribution is 2.22. The van der Waals surface area contributed by atoms with E-state index >= 15 is 0 Å². The molecule has 0 spiro atoms. The fourth-order valence-corrected chi connectivity index (χ4v) is 2.22. The number of aromatic nitrogens is 1. The Kier molecular flexibility index (Phi) is 3.29. The first-order valence-corrected chi connectivity index (χ1v) is 5.09. The summed E-state index contributed by atoms with van der Waals surface area (Å²) in [7, 11) is 3.87. The summed E-state index contributed by atoms with van der Waals surface area (Å²) in [6, 6.07) is 0. The van der Waals surface area contributed by atoms with E-state index in [9.17, 15) is 0 Å². The van der Waals surface area contributed by atoms with Gasteiger partial charge in [0.1, 0.15) is 4.32 Å². The van der Waals surface area contributed by atoms with Crippen LogP contribution >= 0.6 is 35.3 Å². The van der Waals surface area contributed by atoms with Crippen molar-refractivity contribution < 1.29 is 0 Å². The molecule has 0 amide bonds. The fourth-order valence-electron chi connectivity index (χ4n) is 0.427. The van der Waals surface area contributed by atoms with E-state index in [1.54, 1.807) is 17.5 Å². The van der Waals surface area contributed by atoms with Crippen LogP contribution in [-0.4, -0.2) is 28.3 Å². The Morgan fingerprint density at radius 1 is 1.73 bits per heavy atom. The number of hydrogen-bond donors (Lipinski definition) is 0. The smallest absolute Gasteiger partial charge is 0.156 e. The number of thioether (sulfide) groups is 1. The second kappa shape index (κ2) is 4.04. The summed E-state index contributed by atoms with van der Waals surface area (Å²) in [5.74, 6) is 0. The van der Waals surface area contributed by atoms with Gasteiger partial charge in [0.05, 0.1) is 0 Å². The minimum absolute atomic E-state index is 0.847. The van der Waals surface area contributed by atoms with Gasteiger partial charge in [0, 0.05) is 25.7 Å². The molecule has 0 atom stereocenters. The number of nitrogens with zero attached hydrogens (tertiary/aromatic N) is 2. The van der Waals surface area contributed by atoms with Gasteiger partial charge in [0.2, 0.25) is 0 Å². The SMILES string of the molecule is CN(C)C(=S)Sc1nccs1. The molecule has 5 heteroatoms.